The van der Waals surface area contributed by atoms with E-state index in [1.807, 2.05) is 18.2 Å². The molecule has 4 nitrogen and oxygen atoms in total. The van der Waals surface area contributed by atoms with Crippen molar-refractivity contribution in [2.24, 2.45) is 0 Å². The first-order valence-corrected chi connectivity index (χ1v) is 6.89. The van der Waals surface area contributed by atoms with Gasteiger partial charge in [0.1, 0.15) is 5.56 Å². The molecule has 1 heterocycles. The molecule has 0 radical (unpaired) electrons. The van der Waals surface area contributed by atoms with Crippen LogP contribution in [0.15, 0.2) is 45.8 Å². The van der Waals surface area contributed by atoms with Crippen LogP contribution in [0.5, 0.6) is 0 Å². The van der Waals surface area contributed by atoms with Gasteiger partial charge in [-0.3, -0.25) is 9.59 Å². The van der Waals surface area contributed by atoms with Crippen LogP contribution in [0.1, 0.15) is 10.4 Å². The van der Waals surface area contributed by atoms with E-state index in [1.165, 1.54) is 12.3 Å². The SMILES string of the molecule is O=C(Nc1cc(I)ccc1Br)c1ccc[nH]c1=O. The third-order valence-corrected chi connectivity index (χ3v) is 3.60. The minimum absolute atomic E-state index is 0.0864. The number of rotatable bonds is 2. The van der Waals surface area contributed by atoms with Crippen LogP contribution < -0.4 is 10.9 Å². The Kier molecular flexibility index (Phi) is 4.18. The van der Waals surface area contributed by atoms with Gasteiger partial charge in [-0.25, -0.2) is 0 Å². The fraction of sp³-hybridized carbons (Fsp3) is 0. The van der Waals surface area contributed by atoms with Gasteiger partial charge >= 0.3 is 0 Å². The summed E-state index contributed by atoms with van der Waals surface area (Å²) in [6.45, 7) is 0. The van der Waals surface area contributed by atoms with Crippen LogP contribution in [0.3, 0.4) is 0 Å². The number of anilines is 1. The summed E-state index contributed by atoms with van der Waals surface area (Å²) < 4.78 is 1.76. The first-order valence-electron chi connectivity index (χ1n) is 5.02. The zero-order valence-electron chi connectivity index (χ0n) is 9.04. The second-order valence-corrected chi connectivity index (χ2v) is 5.59. The van der Waals surface area contributed by atoms with E-state index in [0.717, 1.165) is 8.04 Å². The normalized spacial score (nSPS) is 10.1. The molecule has 92 valence electrons. The van der Waals surface area contributed by atoms with Crippen molar-refractivity contribution >= 4 is 50.1 Å². The van der Waals surface area contributed by atoms with Gasteiger partial charge in [0.15, 0.2) is 0 Å². The van der Waals surface area contributed by atoms with E-state index >= 15 is 0 Å². The number of amides is 1. The third-order valence-electron chi connectivity index (χ3n) is 2.24. The molecule has 0 atom stereocenters. The molecular formula is C12H8BrIN2O2. The number of H-pyrrole nitrogens is 1. The van der Waals surface area contributed by atoms with Gasteiger partial charge in [-0.15, -0.1) is 0 Å². The van der Waals surface area contributed by atoms with Gasteiger partial charge in [0, 0.05) is 14.2 Å². The summed E-state index contributed by atoms with van der Waals surface area (Å²) in [6.07, 6.45) is 1.49. The van der Waals surface area contributed by atoms with E-state index in [1.54, 1.807) is 6.07 Å². The average molecular weight is 419 g/mol. The molecule has 0 aliphatic carbocycles. The smallest absolute Gasteiger partial charge is 0.261 e. The summed E-state index contributed by atoms with van der Waals surface area (Å²) in [4.78, 5) is 25.9. The number of hydrogen-bond donors (Lipinski definition) is 2. The van der Waals surface area contributed by atoms with Crippen LogP contribution in [-0.2, 0) is 0 Å². The fourth-order valence-corrected chi connectivity index (χ4v) is 2.22. The van der Waals surface area contributed by atoms with E-state index in [0.29, 0.717) is 5.69 Å². The maximum atomic E-state index is 11.9. The molecule has 1 aromatic heterocycles. The highest BCUT2D eigenvalue weighted by Crippen LogP contribution is 2.24. The fourth-order valence-electron chi connectivity index (χ4n) is 1.38. The number of hydrogen-bond acceptors (Lipinski definition) is 2. The molecular weight excluding hydrogens is 411 g/mol. The number of carbonyl (C=O) groups excluding carboxylic acids is 1. The highest BCUT2D eigenvalue weighted by molar-refractivity contribution is 14.1. The quantitative estimate of drug-likeness (QED) is 0.736. The Morgan fingerprint density at radius 2 is 2.11 bits per heavy atom. The summed E-state index contributed by atoms with van der Waals surface area (Å²) in [7, 11) is 0. The van der Waals surface area contributed by atoms with Gasteiger partial charge in [0.05, 0.1) is 5.69 Å². The highest BCUT2D eigenvalue weighted by Gasteiger charge is 2.11. The summed E-state index contributed by atoms with van der Waals surface area (Å²) in [5.74, 6) is -0.431. The van der Waals surface area contributed by atoms with E-state index in [9.17, 15) is 9.59 Å². The van der Waals surface area contributed by atoms with Crippen LogP contribution in [0.2, 0.25) is 0 Å². The average Bonchev–Trinajstić information content (AvgIpc) is 2.34. The van der Waals surface area contributed by atoms with Crippen molar-refractivity contribution in [2.75, 3.05) is 5.32 Å². The summed E-state index contributed by atoms with van der Waals surface area (Å²) in [5.41, 5.74) is 0.315. The van der Waals surface area contributed by atoms with Gasteiger partial charge < -0.3 is 10.3 Å². The second kappa shape index (κ2) is 5.66. The molecule has 2 N–H and O–H groups in total. The predicted molar refractivity (Wildman–Crippen MR) is 81.9 cm³/mol. The Morgan fingerprint density at radius 3 is 2.83 bits per heavy atom. The second-order valence-electron chi connectivity index (χ2n) is 3.49. The van der Waals surface area contributed by atoms with Crippen LogP contribution in [0, 0.1) is 3.57 Å². The van der Waals surface area contributed by atoms with Crippen molar-refractivity contribution in [3.8, 4) is 0 Å². The van der Waals surface area contributed by atoms with E-state index in [-0.39, 0.29) is 5.56 Å². The lowest BCUT2D eigenvalue weighted by Gasteiger charge is -2.07. The van der Waals surface area contributed by atoms with Crippen LogP contribution >= 0.6 is 38.5 Å². The molecule has 1 aromatic carbocycles. The predicted octanol–water partition coefficient (Wildman–Crippen LogP) is 2.99. The molecule has 0 bridgehead atoms. The number of benzene rings is 1. The Balaban J connectivity index is 2.30. The number of halogens is 2. The zero-order chi connectivity index (χ0) is 13.1. The summed E-state index contributed by atoms with van der Waals surface area (Å²) in [6, 6.07) is 8.66. The number of pyridine rings is 1. The molecule has 0 aliphatic heterocycles. The standard InChI is InChI=1S/C12H8BrIN2O2/c13-9-4-3-7(14)6-10(9)16-12(18)8-2-1-5-15-11(8)17/h1-6H,(H,15,17)(H,16,18). The third kappa shape index (κ3) is 2.99. The molecule has 1 amide bonds. The molecule has 0 aliphatic rings. The molecule has 18 heavy (non-hydrogen) atoms. The molecule has 2 rings (SSSR count). The minimum Gasteiger partial charge on any atom is -0.328 e. The van der Waals surface area contributed by atoms with Crippen molar-refractivity contribution < 1.29 is 4.79 Å². The number of aromatic amines is 1. The lowest BCUT2D eigenvalue weighted by atomic mass is 10.2. The maximum Gasteiger partial charge on any atom is 0.261 e. The lowest BCUT2D eigenvalue weighted by molar-refractivity contribution is 0.102. The van der Waals surface area contributed by atoms with Gasteiger partial charge in [-0.05, 0) is 68.9 Å². The number of aromatic nitrogens is 1. The Morgan fingerprint density at radius 1 is 1.33 bits per heavy atom. The monoisotopic (exact) mass is 418 g/mol. The Bertz CT molecular complexity index is 655. The topological polar surface area (TPSA) is 62.0 Å². The molecule has 0 saturated heterocycles. The van der Waals surface area contributed by atoms with Crippen LogP contribution in [-0.4, -0.2) is 10.9 Å². The van der Waals surface area contributed by atoms with E-state index < -0.39 is 11.5 Å². The van der Waals surface area contributed by atoms with Crippen molar-refractivity contribution in [3.63, 3.8) is 0 Å². The van der Waals surface area contributed by atoms with Crippen molar-refractivity contribution in [1.82, 2.24) is 4.98 Å². The molecule has 0 spiro atoms. The van der Waals surface area contributed by atoms with Gasteiger partial charge in [-0.1, -0.05) is 0 Å². The summed E-state index contributed by atoms with van der Waals surface area (Å²) in [5, 5.41) is 2.70. The number of carbonyl (C=O) groups is 1. The first-order chi connectivity index (χ1) is 8.58. The molecule has 0 fully saturated rings. The minimum atomic E-state index is -0.431. The Labute approximate surface area is 125 Å². The van der Waals surface area contributed by atoms with Crippen LogP contribution in [0.4, 0.5) is 5.69 Å². The molecule has 0 unspecified atom stereocenters. The molecule has 0 saturated carbocycles. The maximum absolute atomic E-state index is 11.9. The highest BCUT2D eigenvalue weighted by atomic mass is 127. The van der Waals surface area contributed by atoms with Crippen molar-refractivity contribution in [1.29, 1.82) is 0 Å². The van der Waals surface area contributed by atoms with Gasteiger partial charge in [0.25, 0.3) is 11.5 Å². The Hall–Kier alpha value is -1.15. The molecule has 2 aromatic rings. The van der Waals surface area contributed by atoms with Crippen molar-refractivity contribution in [3.05, 3.63) is 60.5 Å². The van der Waals surface area contributed by atoms with Gasteiger partial charge in [-0.2, -0.15) is 0 Å². The lowest BCUT2D eigenvalue weighted by Crippen LogP contribution is -2.22. The summed E-state index contributed by atoms with van der Waals surface area (Å²) >= 11 is 5.50. The van der Waals surface area contributed by atoms with E-state index in [2.05, 4.69) is 48.8 Å². The van der Waals surface area contributed by atoms with Crippen LogP contribution in [0.25, 0.3) is 0 Å². The van der Waals surface area contributed by atoms with Gasteiger partial charge in [0.2, 0.25) is 0 Å². The van der Waals surface area contributed by atoms with Crippen molar-refractivity contribution in [2.45, 2.75) is 0 Å². The zero-order valence-corrected chi connectivity index (χ0v) is 12.8. The van der Waals surface area contributed by atoms with E-state index in [4.69, 9.17) is 0 Å². The largest absolute Gasteiger partial charge is 0.328 e. The molecule has 6 heteroatoms. The number of nitrogens with one attached hydrogen (secondary N) is 2. The first kappa shape index (κ1) is 13.3.